The molecular weight excluding hydrogens is 289 g/mol. The first-order valence-corrected chi connectivity index (χ1v) is 7.42. The molecule has 0 saturated carbocycles. The monoisotopic (exact) mass is 303 g/mol. The lowest BCUT2D eigenvalue weighted by Crippen LogP contribution is -2.23. The molecule has 2 aromatic rings. The number of ether oxygens (including phenoxy) is 1. The lowest BCUT2D eigenvalue weighted by molar-refractivity contribution is 0.0801. The Balaban J connectivity index is 2.19. The highest BCUT2D eigenvalue weighted by atomic mass is 31.2. The quantitative estimate of drug-likeness (QED) is 0.370. The van der Waals surface area contributed by atoms with Crippen molar-refractivity contribution in [2.75, 3.05) is 6.35 Å². The Labute approximate surface area is 112 Å². The lowest BCUT2D eigenvalue weighted by atomic mass is 10.2. The molecule has 0 amide bonds. The summed E-state index contributed by atoms with van der Waals surface area (Å²) in [5.41, 5.74) is 0.363. The van der Waals surface area contributed by atoms with Crippen LogP contribution >= 0.6 is 7.60 Å². The SMILES string of the molecule is CC(Cc1nc(=N)c2[nH]cnc2n1O)OCP(=O)(O)O. The van der Waals surface area contributed by atoms with Crippen molar-refractivity contribution in [3.05, 3.63) is 17.6 Å². The summed E-state index contributed by atoms with van der Waals surface area (Å²) in [7, 11) is -4.24. The molecule has 0 aliphatic carbocycles. The highest BCUT2D eigenvalue weighted by molar-refractivity contribution is 7.51. The number of hydrogen-bond donors (Lipinski definition) is 5. The zero-order valence-corrected chi connectivity index (χ0v) is 11.4. The number of nitrogens with zero attached hydrogens (tertiary/aromatic N) is 3. The summed E-state index contributed by atoms with van der Waals surface area (Å²) in [6, 6.07) is 0. The van der Waals surface area contributed by atoms with E-state index in [9.17, 15) is 9.77 Å². The summed E-state index contributed by atoms with van der Waals surface area (Å²) in [5, 5.41) is 17.6. The normalized spacial score (nSPS) is 13.8. The van der Waals surface area contributed by atoms with Crippen LogP contribution in [-0.2, 0) is 15.7 Å². The molecule has 5 N–H and O–H groups in total. The number of H-pyrrole nitrogens is 1. The molecule has 1 atom stereocenters. The smallest absolute Gasteiger partial charge is 0.350 e. The number of rotatable bonds is 5. The van der Waals surface area contributed by atoms with Crippen LogP contribution in [0.25, 0.3) is 11.2 Å². The van der Waals surface area contributed by atoms with Crippen LogP contribution < -0.4 is 5.49 Å². The van der Waals surface area contributed by atoms with Crippen molar-refractivity contribution < 1.29 is 24.3 Å². The molecule has 0 aliphatic heterocycles. The van der Waals surface area contributed by atoms with Gasteiger partial charge in [0.05, 0.1) is 12.4 Å². The molecule has 20 heavy (non-hydrogen) atoms. The van der Waals surface area contributed by atoms with Gasteiger partial charge in [-0.15, -0.1) is 0 Å². The van der Waals surface area contributed by atoms with Gasteiger partial charge in [0.15, 0.2) is 17.0 Å². The van der Waals surface area contributed by atoms with Crippen molar-refractivity contribution in [1.82, 2.24) is 19.7 Å². The van der Waals surface area contributed by atoms with Crippen LogP contribution in [0.2, 0.25) is 0 Å². The minimum Gasteiger partial charge on any atom is -0.425 e. The van der Waals surface area contributed by atoms with Gasteiger partial charge in [0.1, 0.15) is 11.9 Å². The van der Waals surface area contributed by atoms with Gasteiger partial charge in [-0.2, -0.15) is 4.73 Å². The molecule has 0 saturated heterocycles. The molecule has 0 radical (unpaired) electrons. The van der Waals surface area contributed by atoms with Crippen LogP contribution in [0.15, 0.2) is 6.33 Å². The van der Waals surface area contributed by atoms with E-state index >= 15 is 0 Å². The van der Waals surface area contributed by atoms with Crippen molar-refractivity contribution in [1.29, 1.82) is 5.41 Å². The molecule has 0 fully saturated rings. The zero-order chi connectivity index (χ0) is 14.9. The molecule has 11 heteroatoms. The third-order valence-electron chi connectivity index (χ3n) is 2.54. The molecule has 0 spiro atoms. The van der Waals surface area contributed by atoms with Crippen molar-refractivity contribution in [3.8, 4) is 0 Å². The summed E-state index contributed by atoms with van der Waals surface area (Å²) in [4.78, 5) is 27.9. The molecule has 110 valence electrons. The average Bonchev–Trinajstić information content (AvgIpc) is 2.82. The van der Waals surface area contributed by atoms with Gasteiger partial charge in [-0.1, -0.05) is 0 Å². The van der Waals surface area contributed by atoms with Crippen LogP contribution in [0.4, 0.5) is 0 Å². The van der Waals surface area contributed by atoms with E-state index in [1.807, 2.05) is 0 Å². The minimum absolute atomic E-state index is 0.0746. The number of hydrogen-bond acceptors (Lipinski definition) is 6. The highest BCUT2D eigenvalue weighted by Crippen LogP contribution is 2.34. The first kappa shape index (κ1) is 14.7. The minimum atomic E-state index is -4.24. The lowest BCUT2D eigenvalue weighted by Gasteiger charge is -2.14. The second kappa shape index (κ2) is 5.33. The summed E-state index contributed by atoms with van der Waals surface area (Å²) in [6.45, 7) is 1.58. The standard InChI is InChI=1S/C9H14N5O5P/c1-5(19-4-20(16,17)18)2-6-13-8(10)7-9(14(6)15)12-3-11-7/h3,5,10,15H,2,4H2,1H3,(H,11,12)(H2,16,17,18). The number of fused-ring (bicyclic) bond motifs is 1. The van der Waals surface area contributed by atoms with Gasteiger partial charge in [0, 0.05) is 6.42 Å². The van der Waals surface area contributed by atoms with Crippen molar-refractivity contribution >= 4 is 18.8 Å². The third-order valence-corrected chi connectivity index (χ3v) is 3.02. The van der Waals surface area contributed by atoms with Crippen LogP contribution in [-0.4, -0.2) is 47.1 Å². The Bertz CT molecular complexity index is 719. The summed E-state index contributed by atoms with van der Waals surface area (Å²) in [6.07, 6.45) is 0.0990. The van der Waals surface area contributed by atoms with E-state index in [0.717, 1.165) is 4.73 Å². The number of imidazole rings is 1. The van der Waals surface area contributed by atoms with Crippen molar-refractivity contribution in [3.63, 3.8) is 0 Å². The van der Waals surface area contributed by atoms with E-state index < -0.39 is 20.0 Å². The van der Waals surface area contributed by atoms with E-state index in [1.165, 1.54) is 6.33 Å². The summed E-state index contributed by atoms with van der Waals surface area (Å²) < 4.78 is 16.4. The largest absolute Gasteiger partial charge is 0.425 e. The van der Waals surface area contributed by atoms with Crippen LogP contribution in [0.3, 0.4) is 0 Å². The van der Waals surface area contributed by atoms with E-state index in [1.54, 1.807) is 6.92 Å². The van der Waals surface area contributed by atoms with Gasteiger partial charge in [0.25, 0.3) is 0 Å². The molecule has 1 unspecified atom stereocenters. The van der Waals surface area contributed by atoms with E-state index in [0.29, 0.717) is 5.52 Å². The molecule has 0 aliphatic rings. The molecule has 2 rings (SSSR count). The fourth-order valence-electron chi connectivity index (χ4n) is 1.65. The average molecular weight is 303 g/mol. The number of aromatic nitrogens is 4. The van der Waals surface area contributed by atoms with Crippen LogP contribution in [0.5, 0.6) is 0 Å². The summed E-state index contributed by atoms with van der Waals surface area (Å²) >= 11 is 0. The molecule has 10 nitrogen and oxygen atoms in total. The molecule has 0 bridgehead atoms. The zero-order valence-electron chi connectivity index (χ0n) is 10.5. The number of aromatic amines is 1. The maximum atomic E-state index is 10.7. The maximum Gasteiger partial charge on any atom is 0.350 e. The Hall–Kier alpha value is -1.74. The first-order chi connectivity index (χ1) is 9.28. The van der Waals surface area contributed by atoms with E-state index in [4.69, 9.17) is 19.9 Å². The Morgan fingerprint density at radius 1 is 1.60 bits per heavy atom. The Morgan fingerprint density at radius 3 is 2.95 bits per heavy atom. The Kier molecular flexibility index (Phi) is 3.91. The third kappa shape index (κ3) is 3.23. The van der Waals surface area contributed by atoms with Crippen molar-refractivity contribution in [2.45, 2.75) is 19.4 Å². The van der Waals surface area contributed by atoms with E-state index in [-0.39, 0.29) is 23.4 Å². The van der Waals surface area contributed by atoms with Crippen LogP contribution in [0.1, 0.15) is 12.7 Å². The Morgan fingerprint density at radius 2 is 2.30 bits per heavy atom. The fraction of sp³-hybridized carbons (Fsp3) is 0.444. The van der Waals surface area contributed by atoms with Crippen molar-refractivity contribution in [2.24, 2.45) is 0 Å². The molecule has 2 aromatic heterocycles. The second-order valence-corrected chi connectivity index (χ2v) is 5.85. The second-order valence-electron chi connectivity index (χ2n) is 4.26. The van der Waals surface area contributed by atoms with Crippen LogP contribution in [0, 0.1) is 5.41 Å². The first-order valence-electron chi connectivity index (χ1n) is 5.63. The summed E-state index contributed by atoms with van der Waals surface area (Å²) in [5.74, 6) is 0.118. The predicted molar refractivity (Wildman–Crippen MR) is 66.1 cm³/mol. The topological polar surface area (TPSA) is 157 Å². The molecule has 2 heterocycles. The van der Waals surface area contributed by atoms with Gasteiger partial charge in [-0.25, -0.2) is 9.97 Å². The predicted octanol–water partition coefficient (Wildman–Crippen LogP) is -0.441. The van der Waals surface area contributed by atoms with E-state index in [2.05, 4.69) is 15.0 Å². The molecule has 0 aromatic carbocycles. The number of nitrogens with one attached hydrogen (secondary N) is 2. The highest BCUT2D eigenvalue weighted by Gasteiger charge is 2.18. The maximum absolute atomic E-state index is 10.7. The van der Waals surface area contributed by atoms with Gasteiger partial charge in [-0.3, -0.25) is 9.97 Å². The molecular formula is C9H14N5O5P. The van der Waals surface area contributed by atoms with Gasteiger partial charge >= 0.3 is 7.60 Å². The van der Waals surface area contributed by atoms with Gasteiger partial charge in [0.2, 0.25) is 0 Å². The fourth-order valence-corrected chi connectivity index (χ4v) is 2.10. The van der Waals surface area contributed by atoms with Gasteiger partial charge in [-0.05, 0) is 6.92 Å². The van der Waals surface area contributed by atoms with Gasteiger partial charge < -0.3 is 24.7 Å².